The Balaban J connectivity index is 1.79. The van der Waals surface area contributed by atoms with E-state index in [0.29, 0.717) is 18.4 Å². The van der Waals surface area contributed by atoms with Crippen molar-refractivity contribution in [3.63, 3.8) is 0 Å². The van der Waals surface area contributed by atoms with E-state index in [9.17, 15) is 5.11 Å². The minimum atomic E-state index is -0.594. The van der Waals surface area contributed by atoms with Crippen LogP contribution in [0.15, 0.2) is 24.3 Å². The van der Waals surface area contributed by atoms with Crippen LogP contribution in [0, 0.1) is 0 Å². The molecule has 4 nitrogen and oxygen atoms in total. The fourth-order valence-electron chi connectivity index (χ4n) is 2.51. The van der Waals surface area contributed by atoms with Gasteiger partial charge in [-0.05, 0) is 43.4 Å². The molecule has 2 rings (SSSR count). The zero-order valence-electron chi connectivity index (χ0n) is 11.4. The number of rotatable bonds is 5. The fraction of sp³-hybridized carbons (Fsp3) is 0.600. The smallest absolute Gasteiger partial charge is 0.102 e. The molecule has 0 amide bonds. The maximum atomic E-state index is 10.1. The number of benzene rings is 1. The lowest BCUT2D eigenvalue weighted by Crippen LogP contribution is -2.28. The summed E-state index contributed by atoms with van der Waals surface area (Å²) in [5.74, 6) is 0. The van der Waals surface area contributed by atoms with Gasteiger partial charge in [-0.2, -0.15) is 0 Å². The number of aliphatic hydroxyl groups excluding tert-OH is 1. The van der Waals surface area contributed by atoms with Gasteiger partial charge in [-0.15, -0.1) is 0 Å². The second-order valence-electron chi connectivity index (χ2n) is 5.16. The minimum absolute atomic E-state index is 0.196. The lowest BCUT2D eigenvalue weighted by atomic mass is 9.95. The lowest BCUT2D eigenvalue weighted by Gasteiger charge is -2.28. The monoisotopic (exact) mass is 265 g/mol. The van der Waals surface area contributed by atoms with Crippen molar-refractivity contribution >= 4 is 5.69 Å². The molecule has 1 aromatic carbocycles. The molecule has 3 N–H and O–H groups in total. The van der Waals surface area contributed by atoms with E-state index >= 15 is 0 Å². The Labute approximate surface area is 114 Å². The second-order valence-corrected chi connectivity index (χ2v) is 5.16. The molecule has 0 heterocycles. The molecule has 19 heavy (non-hydrogen) atoms. The van der Waals surface area contributed by atoms with Crippen LogP contribution >= 0.6 is 0 Å². The zero-order chi connectivity index (χ0) is 13.7. The minimum Gasteiger partial charge on any atom is -0.399 e. The van der Waals surface area contributed by atoms with Crippen LogP contribution in [0.3, 0.4) is 0 Å². The molecular formula is C15H23NO3. The normalized spacial score (nSPS) is 25.2. The number of nitrogens with two attached hydrogens (primary N) is 1. The summed E-state index contributed by atoms with van der Waals surface area (Å²) in [6.07, 6.45) is 4.11. The van der Waals surface area contributed by atoms with E-state index in [0.717, 1.165) is 31.2 Å². The summed E-state index contributed by atoms with van der Waals surface area (Å²) in [5, 5.41) is 10.1. The molecule has 0 spiro atoms. The number of hydrogen-bond acceptors (Lipinski definition) is 4. The fourth-order valence-corrected chi connectivity index (χ4v) is 2.51. The van der Waals surface area contributed by atoms with Gasteiger partial charge in [-0.3, -0.25) is 0 Å². The third-order valence-electron chi connectivity index (χ3n) is 3.72. The van der Waals surface area contributed by atoms with Crippen LogP contribution in [0.2, 0.25) is 0 Å². The quantitative estimate of drug-likeness (QED) is 0.802. The largest absolute Gasteiger partial charge is 0.399 e. The maximum Gasteiger partial charge on any atom is 0.102 e. The van der Waals surface area contributed by atoms with E-state index in [-0.39, 0.29) is 6.10 Å². The van der Waals surface area contributed by atoms with E-state index in [2.05, 4.69) is 0 Å². The van der Waals surface area contributed by atoms with Crippen molar-refractivity contribution in [2.24, 2.45) is 0 Å². The first-order valence-electron chi connectivity index (χ1n) is 6.87. The van der Waals surface area contributed by atoms with E-state index < -0.39 is 6.10 Å². The molecule has 0 aliphatic heterocycles. The molecule has 3 atom stereocenters. The van der Waals surface area contributed by atoms with Crippen molar-refractivity contribution in [2.45, 2.75) is 44.0 Å². The van der Waals surface area contributed by atoms with Gasteiger partial charge in [0.05, 0.1) is 18.8 Å². The number of methoxy groups -OCH3 is 1. The van der Waals surface area contributed by atoms with E-state index in [4.69, 9.17) is 15.2 Å². The molecule has 0 bridgehead atoms. The molecule has 1 aromatic rings. The topological polar surface area (TPSA) is 64.7 Å². The molecule has 0 aromatic heterocycles. The van der Waals surface area contributed by atoms with Crippen LogP contribution in [0.25, 0.3) is 0 Å². The van der Waals surface area contributed by atoms with Crippen molar-refractivity contribution in [1.82, 2.24) is 0 Å². The Morgan fingerprint density at radius 1 is 1.26 bits per heavy atom. The molecule has 1 fully saturated rings. The predicted molar refractivity (Wildman–Crippen MR) is 74.8 cm³/mol. The number of aliphatic hydroxyl groups is 1. The van der Waals surface area contributed by atoms with Crippen molar-refractivity contribution in [3.05, 3.63) is 29.8 Å². The second kappa shape index (κ2) is 6.89. The van der Waals surface area contributed by atoms with Crippen LogP contribution < -0.4 is 5.73 Å². The highest BCUT2D eigenvalue weighted by Crippen LogP contribution is 2.24. The van der Waals surface area contributed by atoms with Gasteiger partial charge in [-0.25, -0.2) is 0 Å². The van der Waals surface area contributed by atoms with Crippen LogP contribution in [-0.2, 0) is 9.47 Å². The average Bonchev–Trinajstić information content (AvgIpc) is 2.46. The first-order chi connectivity index (χ1) is 9.19. The Morgan fingerprint density at radius 2 is 1.95 bits per heavy atom. The summed E-state index contributed by atoms with van der Waals surface area (Å²) < 4.78 is 11.2. The number of ether oxygens (including phenoxy) is 2. The van der Waals surface area contributed by atoms with Gasteiger partial charge in [0.2, 0.25) is 0 Å². The third kappa shape index (κ3) is 4.20. The Morgan fingerprint density at radius 3 is 2.63 bits per heavy atom. The van der Waals surface area contributed by atoms with Crippen LogP contribution in [0.1, 0.15) is 37.4 Å². The summed E-state index contributed by atoms with van der Waals surface area (Å²) in [5.41, 5.74) is 7.16. The molecule has 0 radical (unpaired) electrons. The molecule has 4 heteroatoms. The zero-order valence-corrected chi connectivity index (χ0v) is 11.4. The Bertz CT molecular complexity index is 379. The average molecular weight is 265 g/mol. The van der Waals surface area contributed by atoms with Crippen molar-refractivity contribution < 1.29 is 14.6 Å². The van der Waals surface area contributed by atoms with Gasteiger partial charge in [-0.1, -0.05) is 12.1 Å². The SMILES string of the molecule is COC1CCCC(OCC(O)c2ccc(N)cc2)C1. The standard InChI is InChI=1S/C15H23NO3/c1-18-13-3-2-4-14(9-13)19-10-15(17)11-5-7-12(16)8-6-11/h5-8,13-15,17H,2-4,9-10,16H2,1H3. The van der Waals surface area contributed by atoms with Crippen LogP contribution in [-0.4, -0.2) is 31.0 Å². The molecule has 1 aliphatic carbocycles. The first-order valence-corrected chi connectivity index (χ1v) is 6.87. The highest BCUT2D eigenvalue weighted by atomic mass is 16.5. The van der Waals surface area contributed by atoms with Gasteiger partial charge >= 0.3 is 0 Å². The van der Waals surface area contributed by atoms with Crippen LogP contribution in [0.4, 0.5) is 5.69 Å². The summed E-state index contributed by atoms with van der Waals surface area (Å²) in [7, 11) is 1.75. The van der Waals surface area contributed by atoms with Crippen molar-refractivity contribution in [1.29, 1.82) is 0 Å². The number of hydrogen-bond donors (Lipinski definition) is 2. The van der Waals surface area contributed by atoms with Crippen molar-refractivity contribution in [3.8, 4) is 0 Å². The number of anilines is 1. The lowest BCUT2D eigenvalue weighted by molar-refractivity contribution is -0.0569. The predicted octanol–water partition coefficient (Wildman–Crippen LogP) is 2.28. The van der Waals surface area contributed by atoms with E-state index in [1.807, 2.05) is 12.1 Å². The highest BCUT2D eigenvalue weighted by molar-refractivity contribution is 5.39. The van der Waals surface area contributed by atoms with E-state index in [1.165, 1.54) is 0 Å². The molecule has 1 aliphatic rings. The van der Waals surface area contributed by atoms with Crippen LogP contribution in [0.5, 0.6) is 0 Å². The molecule has 106 valence electrons. The Hall–Kier alpha value is -1.10. The van der Waals surface area contributed by atoms with Gasteiger partial charge < -0.3 is 20.3 Å². The summed E-state index contributed by atoms with van der Waals surface area (Å²) in [6.45, 7) is 0.324. The van der Waals surface area contributed by atoms with Gasteiger partial charge in [0, 0.05) is 12.8 Å². The van der Waals surface area contributed by atoms with E-state index in [1.54, 1.807) is 19.2 Å². The van der Waals surface area contributed by atoms with Crippen molar-refractivity contribution in [2.75, 3.05) is 19.5 Å². The third-order valence-corrected chi connectivity index (χ3v) is 3.72. The summed E-state index contributed by atoms with van der Waals surface area (Å²) >= 11 is 0. The maximum absolute atomic E-state index is 10.1. The Kier molecular flexibility index (Phi) is 5.19. The first kappa shape index (κ1) is 14.3. The molecule has 0 saturated heterocycles. The van der Waals surface area contributed by atoms with Gasteiger partial charge in [0.25, 0.3) is 0 Å². The van der Waals surface area contributed by atoms with Gasteiger partial charge in [0.15, 0.2) is 0 Å². The van der Waals surface area contributed by atoms with Gasteiger partial charge in [0.1, 0.15) is 6.10 Å². The summed E-state index contributed by atoms with van der Waals surface area (Å²) in [6, 6.07) is 7.25. The highest BCUT2D eigenvalue weighted by Gasteiger charge is 2.23. The summed E-state index contributed by atoms with van der Waals surface area (Å²) in [4.78, 5) is 0. The number of nitrogen functional groups attached to an aromatic ring is 1. The molecule has 3 unspecified atom stereocenters. The molecular weight excluding hydrogens is 242 g/mol. The molecule has 1 saturated carbocycles.